The molecule has 4 rings (SSSR count). The van der Waals surface area contributed by atoms with Crippen LogP contribution in [0, 0.1) is 0 Å². The van der Waals surface area contributed by atoms with E-state index in [-0.39, 0.29) is 18.1 Å². The molecule has 0 aliphatic rings. The molecule has 4 heterocycles. The lowest BCUT2D eigenvalue weighted by atomic mass is 10.3. The summed E-state index contributed by atoms with van der Waals surface area (Å²) >= 11 is 4.75. The van der Waals surface area contributed by atoms with E-state index in [0.717, 1.165) is 11.0 Å². The number of nitrogens with zero attached hydrogens (tertiary/aromatic N) is 6. The summed E-state index contributed by atoms with van der Waals surface area (Å²) in [5, 5.41) is 13.8. The maximum atomic E-state index is 12.7. The number of amides is 1. The number of aromatic nitrogens is 6. The minimum Gasteiger partial charge on any atom is -0.466 e. The zero-order chi connectivity index (χ0) is 22.0. The molecule has 0 radical (unpaired) electrons. The smallest absolute Gasteiger partial charge is 0.311 e. The first-order valence-corrected chi connectivity index (χ1v) is 11.1. The Bertz CT molecular complexity index is 1260. The average Bonchev–Trinajstić information content (AvgIpc) is 3.46. The van der Waals surface area contributed by atoms with E-state index in [1.54, 1.807) is 39.8 Å². The Kier molecular flexibility index (Phi) is 6.09. The molecule has 0 aliphatic carbocycles. The van der Waals surface area contributed by atoms with Crippen LogP contribution in [0.15, 0.2) is 34.4 Å². The van der Waals surface area contributed by atoms with Crippen LogP contribution < -0.4 is 5.32 Å². The van der Waals surface area contributed by atoms with Crippen molar-refractivity contribution in [2.75, 3.05) is 11.9 Å². The van der Waals surface area contributed by atoms with Crippen molar-refractivity contribution in [2.45, 2.75) is 26.8 Å². The largest absolute Gasteiger partial charge is 0.466 e. The van der Waals surface area contributed by atoms with E-state index in [4.69, 9.17) is 4.74 Å². The van der Waals surface area contributed by atoms with Gasteiger partial charge in [0.1, 0.15) is 5.69 Å². The van der Waals surface area contributed by atoms with Crippen LogP contribution in [0.1, 0.15) is 30.0 Å². The number of rotatable bonds is 7. The Balaban J connectivity index is 1.56. The third kappa shape index (κ3) is 4.49. The van der Waals surface area contributed by atoms with Crippen molar-refractivity contribution in [1.29, 1.82) is 0 Å². The number of ether oxygens (including phenoxy) is 1. The monoisotopic (exact) mass is 503 g/mol. The van der Waals surface area contributed by atoms with Crippen LogP contribution in [0.4, 0.5) is 5.13 Å². The third-order valence-electron chi connectivity index (χ3n) is 4.28. The van der Waals surface area contributed by atoms with Gasteiger partial charge >= 0.3 is 5.97 Å². The van der Waals surface area contributed by atoms with Crippen molar-refractivity contribution in [1.82, 2.24) is 29.4 Å². The minimum atomic E-state index is -0.424. The molecule has 160 valence electrons. The van der Waals surface area contributed by atoms with Crippen molar-refractivity contribution in [3.8, 4) is 11.4 Å². The third-order valence-corrected chi connectivity index (χ3v) is 5.66. The fraction of sp³-hybridized carbons (Fsp3) is 0.263. The molecule has 0 unspecified atom stereocenters. The van der Waals surface area contributed by atoms with E-state index in [0.29, 0.717) is 34.5 Å². The molecule has 0 aliphatic heterocycles. The molecular formula is C19H18BrN7O3S. The second-order valence-electron chi connectivity index (χ2n) is 6.39. The Morgan fingerprint density at radius 1 is 1.29 bits per heavy atom. The van der Waals surface area contributed by atoms with E-state index in [2.05, 4.69) is 41.4 Å². The van der Waals surface area contributed by atoms with Gasteiger partial charge in [0, 0.05) is 30.4 Å². The number of carbonyl (C=O) groups excluding carboxylic acids is 2. The lowest BCUT2D eigenvalue weighted by Crippen LogP contribution is -2.13. The van der Waals surface area contributed by atoms with Crippen molar-refractivity contribution in [2.24, 2.45) is 0 Å². The van der Waals surface area contributed by atoms with Gasteiger partial charge in [0.15, 0.2) is 16.5 Å². The predicted octanol–water partition coefficient (Wildman–Crippen LogP) is 3.19. The van der Waals surface area contributed by atoms with Crippen LogP contribution in [0.2, 0.25) is 0 Å². The summed E-state index contributed by atoms with van der Waals surface area (Å²) in [6.07, 6.45) is 3.59. The van der Waals surface area contributed by atoms with Crippen molar-refractivity contribution >= 4 is 49.9 Å². The number of hydrogen-bond donors (Lipinski definition) is 1. The van der Waals surface area contributed by atoms with Gasteiger partial charge in [0.2, 0.25) is 0 Å². The molecule has 0 saturated heterocycles. The molecule has 0 spiro atoms. The SMILES string of the molecule is CCOC(=O)Cc1csc(NC(=O)c2cc3nccc(-c4nn(CC)cc4Br)n3n2)n1. The number of hydrogen-bond acceptors (Lipinski definition) is 8. The van der Waals surface area contributed by atoms with Gasteiger partial charge < -0.3 is 4.74 Å². The van der Waals surface area contributed by atoms with E-state index in [9.17, 15) is 9.59 Å². The maximum absolute atomic E-state index is 12.7. The second kappa shape index (κ2) is 8.94. The number of aryl methyl sites for hydroxylation is 1. The normalized spacial score (nSPS) is 11.1. The Labute approximate surface area is 189 Å². The predicted molar refractivity (Wildman–Crippen MR) is 118 cm³/mol. The average molecular weight is 504 g/mol. The Morgan fingerprint density at radius 2 is 2.13 bits per heavy atom. The van der Waals surface area contributed by atoms with Gasteiger partial charge in [0.25, 0.3) is 5.91 Å². The molecule has 1 N–H and O–H groups in total. The summed E-state index contributed by atoms with van der Waals surface area (Å²) in [6, 6.07) is 3.38. The number of halogens is 1. The highest BCUT2D eigenvalue weighted by atomic mass is 79.9. The summed E-state index contributed by atoms with van der Waals surface area (Å²) in [7, 11) is 0. The highest BCUT2D eigenvalue weighted by molar-refractivity contribution is 9.10. The fourth-order valence-corrected chi connectivity index (χ4v) is 4.11. The molecule has 4 aromatic heterocycles. The molecule has 10 nitrogen and oxygen atoms in total. The van der Waals surface area contributed by atoms with Crippen LogP contribution in [-0.2, 0) is 22.5 Å². The maximum Gasteiger partial charge on any atom is 0.311 e. The molecule has 0 fully saturated rings. The molecular weight excluding hydrogens is 486 g/mol. The minimum absolute atomic E-state index is 0.0567. The summed E-state index contributed by atoms with van der Waals surface area (Å²) < 4.78 is 9.12. The lowest BCUT2D eigenvalue weighted by molar-refractivity contribution is -0.142. The molecule has 0 aromatic carbocycles. The van der Waals surface area contributed by atoms with Gasteiger partial charge in [-0.1, -0.05) is 0 Å². The first-order chi connectivity index (χ1) is 15.0. The van der Waals surface area contributed by atoms with Gasteiger partial charge in [-0.05, 0) is 35.8 Å². The molecule has 31 heavy (non-hydrogen) atoms. The summed E-state index contributed by atoms with van der Waals surface area (Å²) in [6.45, 7) is 4.78. The van der Waals surface area contributed by atoms with E-state index < -0.39 is 5.91 Å². The van der Waals surface area contributed by atoms with Gasteiger partial charge in [-0.3, -0.25) is 19.6 Å². The van der Waals surface area contributed by atoms with Crippen LogP contribution in [0.5, 0.6) is 0 Å². The van der Waals surface area contributed by atoms with Gasteiger partial charge in [-0.15, -0.1) is 11.3 Å². The van der Waals surface area contributed by atoms with E-state index >= 15 is 0 Å². The number of carbonyl (C=O) groups is 2. The first kappa shape index (κ1) is 21.1. The van der Waals surface area contributed by atoms with Crippen molar-refractivity contribution in [3.63, 3.8) is 0 Å². The fourth-order valence-electron chi connectivity index (χ4n) is 2.88. The standard InChI is InChI=1S/C19H18BrN7O3S/c1-3-26-9-12(20)17(25-26)14-5-6-21-15-8-13(24-27(14)15)18(29)23-19-22-11(10-31-19)7-16(28)30-4-2/h5-6,8-10H,3-4,7H2,1-2H3,(H,22,23,29). The molecule has 0 bridgehead atoms. The lowest BCUT2D eigenvalue weighted by Gasteiger charge is -2.02. The van der Waals surface area contributed by atoms with E-state index in [1.165, 1.54) is 11.3 Å². The van der Waals surface area contributed by atoms with Crippen molar-refractivity contribution in [3.05, 3.63) is 45.8 Å². The zero-order valence-electron chi connectivity index (χ0n) is 16.7. The van der Waals surface area contributed by atoms with Gasteiger partial charge in [0.05, 0.1) is 28.9 Å². The highest BCUT2D eigenvalue weighted by Crippen LogP contribution is 2.27. The molecule has 4 aromatic rings. The van der Waals surface area contributed by atoms with Crippen LogP contribution >= 0.6 is 27.3 Å². The Morgan fingerprint density at radius 3 is 2.87 bits per heavy atom. The number of anilines is 1. The van der Waals surface area contributed by atoms with Crippen LogP contribution in [0.3, 0.4) is 0 Å². The number of nitrogens with one attached hydrogen (secondary N) is 1. The highest BCUT2D eigenvalue weighted by Gasteiger charge is 2.18. The number of thiazole rings is 1. The molecule has 0 atom stereocenters. The molecule has 0 saturated carbocycles. The second-order valence-corrected chi connectivity index (χ2v) is 8.10. The molecule has 12 heteroatoms. The van der Waals surface area contributed by atoms with Gasteiger partial charge in [-0.2, -0.15) is 10.2 Å². The molecule has 1 amide bonds. The summed E-state index contributed by atoms with van der Waals surface area (Å²) in [4.78, 5) is 32.8. The topological polar surface area (TPSA) is 116 Å². The number of esters is 1. The van der Waals surface area contributed by atoms with Crippen LogP contribution in [0.25, 0.3) is 17.0 Å². The van der Waals surface area contributed by atoms with Crippen LogP contribution in [-0.4, -0.2) is 47.8 Å². The summed E-state index contributed by atoms with van der Waals surface area (Å²) in [5.41, 5.74) is 2.65. The quantitative estimate of drug-likeness (QED) is 0.384. The zero-order valence-corrected chi connectivity index (χ0v) is 19.1. The Hall–Kier alpha value is -3.12. The van der Waals surface area contributed by atoms with E-state index in [1.807, 2.05) is 13.1 Å². The number of fused-ring (bicyclic) bond motifs is 1. The van der Waals surface area contributed by atoms with Gasteiger partial charge in [-0.25, -0.2) is 14.5 Å². The first-order valence-electron chi connectivity index (χ1n) is 9.48. The van der Waals surface area contributed by atoms with Crippen molar-refractivity contribution < 1.29 is 14.3 Å². The summed E-state index contributed by atoms with van der Waals surface area (Å²) in [5.74, 6) is -0.784.